The van der Waals surface area contributed by atoms with Crippen LogP contribution in [0.15, 0.2) is 71.7 Å². The number of benzene rings is 3. The first-order valence-corrected chi connectivity index (χ1v) is 11.8. The number of benzodiazepines with no additional fused rings is 1. The molecule has 3 aromatic rings. The summed E-state index contributed by atoms with van der Waals surface area (Å²) in [6.07, 6.45) is 2.42. The van der Waals surface area contributed by atoms with E-state index in [1.165, 1.54) is 11.1 Å². The number of aryl methyl sites for hydroxylation is 1. The Kier molecular flexibility index (Phi) is 6.85. The van der Waals surface area contributed by atoms with Gasteiger partial charge in [0.25, 0.3) is 5.91 Å². The number of carbonyl (C=O) groups is 1. The van der Waals surface area contributed by atoms with Crippen LogP contribution in [0.2, 0.25) is 5.02 Å². The Morgan fingerprint density at radius 2 is 1.79 bits per heavy atom. The third-order valence-corrected chi connectivity index (χ3v) is 6.45. The average Bonchev–Trinajstić information content (AvgIpc) is 2.90. The molecule has 1 aliphatic rings. The van der Waals surface area contributed by atoms with Crippen LogP contribution in [-0.4, -0.2) is 29.8 Å². The van der Waals surface area contributed by atoms with Crippen LogP contribution in [0.1, 0.15) is 54.9 Å². The van der Waals surface area contributed by atoms with Gasteiger partial charge in [0.05, 0.1) is 11.4 Å². The van der Waals surface area contributed by atoms with Crippen LogP contribution < -0.4 is 4.90 Å². The van der Waals surface area contributed by atoms with E-state index < -0.39 is 6.04 Å². The zero-order chi connectivity index (χ0) is 23.5. The second-order valence-corrected chi connectivity index (χ2v) is 9.28. The highest BCUT2D eigenvalue weighted by molar-refractivity contribution is 6.32. The van der Waals surface area contributed by atoms with Gasteiger partial charge in [-0.05, 0) is 78.8 Å². The number of rotatable bonds is 6. The van der Waals surface area contributed by atoms with Gasteiger partial charge in [0.15, 0.2) is 0 Å². The average molecular weight is 461 g/mol. The van der Waals surface area contributed by atoms with E-state index in [4.69, 9.17) is 16.6 Å². The fourth-order valence-electron chi connectivity index (χ4n) is 4.46. The van der Waals surface area contributed by atoms with Crippen LogP contribution in [0, 0.1) is 0 Å². The van der Waals surface area contributed by atoms with E-state index in [1.807, 2.05) is 24.3 Å². The second-order valence-electron chi connectivity index (χ2n) is 8.84. The van der Waals surface area contributed by atoms with E-state index in [0.29, 0.717) is 17.4 Å². The highest BCUT2D eigenvalue weighted by atomic mass is 35.5. The van der Waals surface area contributed by atoms with E-state index in [9.17, 15) is 9.90 Å². The number of anilines is 1. The topological polar surface area (TPSA) is 52.9 Å². The Morgan fingerprint density at radius 3 is 2.52 bits per heavy atom. The standard InChI is InChI=1S/C28H29ClN2O2/c1-18(2)23-9-5-4-7-19(23)8-6-10-25-28(33)31(3)26-16-13-21(29)17-24(26)27(30-25)20-11-14-22(32)15-12-20/h4-5,7,9,11-18,25,32H,6,8,10H2,1-3H3. The lowest BCUT2D eigenvalue weighted by Gasteiger charge is -2.21. The number of nitrogens with zero attached hydrogens (tertiary/aromatic N) is 2. The maximum atomic E-state index is 13.4. The van der Waals surface area contributed by atoms with Gasteiger partial charge in [-0.1, -0.05) is 49.7 Å². The molecule has 0 radical (unpaired) electrons. The van der Waals surface area contributed by atoms with Crippen LogP contribution >= 0.6 is 11.6 Å². The Balaban J connectivity index is 1.67. The first-order chi connectivity index (χ1) is 15.8. The third kappa shape index (κ3) is 4.96. The van der Waals surface area contributed by atoms with Crippen molar-refractivity contribution < 1.29 is 9.90 Å². The molecule has 5 heteroatoms. The lowest BCUT2D eigenvalue weighted by atomic mass is 9.93. The van der Waals surface area contributed by atoms with Gasteiger partial charge < -0.3 is 10.0 Å². The number of likely N-dealkylation sites (N-methyl/N-ethyl adjacent to an activating group) is 1. The number of phenols is 1. The highest BCUT2D eigenvalue weighted by Crippen LogP contribution is 2.32. The van der Waals surface area contributed by atoms with Gasteiger partial charge in [0.1, 0.15) is 11.8 Å². The molecule has 0 saturated carbocycles. The molecule has 170 valence electrons. The Morgan fingerprint density at radius 1 is 1.06 bits per heavy atom. The molecule has 1 amide bonds. The van der Waals surface area contributed by atoms with Crippen LogP contribution in [0.4, 0.5) is 5.69 Å². The van der Waals surface area contributed by atoms with Gasteiger partial charge in [-0.15, -0.1) is 0 Å². The van der Waals surface area contributed by atoms with E-state index in [0.717, 1.165) is 35.4 Å². The largest absolute Gasteiger partial charge is 0.508 e. The molecule has 3 aromatic carbocycles. The lowest BCUT2D eigenvalue weighted by Crippen LogP contribution is -2.34. The van der Waals surface area contributed by atoms with Crippen molar-refractivity contribution in [3.63, 3.8) is 0 Å². The number of aromatic hydroxyl groups is 1. The van der Waals surface area contributed by atoms with Gasteiger partial charge in [-0.3, -0.25) is 9.79 Å². The molecule has 0 aliphatic carbocycles. The van der Waals surface area contributed by atoms with Crippen molar-refractivity contribution in [3.05, 3.63) is 94.0 Å². The number of hydrogen-bond acceptors (Lipinski definition) is 3. The maximum Gasteiger partial charge on any atom is 0.251 e. The summed E-state index contributed by atoms with van der Waals surface area (Å²) >= 11 is 6.32. The summed E-state index contributed by atoms with van der Waals surface area (Å²) in [4.78, 5) is 20.0. The number of aliphatic imine (C=N–C) groups is 1. The predicted molar refractivity (Wildman–Crippen MR) is 136 cm³/mol. The van der Waals surface area contributed by atoms with Crippen molar-refractivity contribution in [2.75, 3.05) is 11.9 Å². The highest BCUT2D eigenvalue weighted by Gasteiger charge is 2.30. The first kappa shape index (κ1) is 23.1. The monoisotopic (exact) mass is 460 g/mol. The molecule has 1 heterocycles. The van der Waals surface area contributed by atoms with E-state index in [-0.39, 0.29) is 11.7 Å². The molecule has 0 fully saturated rings. The smallest absolute Gasteiger partial charge is 0.251 e. The maximum absolute atomic E-state index is 13.4. The Hall–Kier alpha value is -3.11. The van der Waals surface area contributed by atoms with Crippen LogP contribution in [0.5, 0.6) is 5.75 Å². The van der Waals surface area contributed by atoms with Crippen molar-refractivity contribution in [1.82, 2.24) is 0 Å². The zero-order valence-electron chi connectivity index (χ0n) is 19.3. The van der Waals surface area contributed by atoms with Crippen LogP contribution in [0.25, 0.3) is 0 Å². The summed E-state index contributed by atoms with van der Waals surface area (Å²) in [6, 6.07) is 20.5. The Bertz CT molecular complexity index is 1180. The third-order valence-electron chi connectivity index (χ3n) is 6.22. The van der Waals surface area contributed by atoms with Gasteiger partial charge in [-0.25, -0.2) is 0 Å². The molecular weight excluding hydrogens is 432 g/mol. The van der Waals surface area contributed by atoms with Crippen LogP contribution in [0.3, 0.4) is 0 Å². The van der Waals surface area contributed by atoms with E-state index >= 15 is 0 Å². The molecule has 1 unspecified atom stereocenters. The number of carbonyl (C=O) groups excluding carboxylic acids is 1. The summed E-state index contributed by atoms with van der Waals surface area (Å²) in [7, 11) is 1.80. The molecule has 0 spiro atoms. The molecule has 1 N–H and O–H groups in total. The van der Waals surface area contributed by atoms with Gasteiger partial charge in [0.2, 0.25) is 0 Å². The SMILES string of the molecule is CC(C)c1ccccc1CCCC1N=C(c2ccc(O)cc2)c2cc(Cl)ccc2N(C)C1=O. The summed E-state index contributed by atoms with van der Waals surface area (Å²) in [5, 5.41) is 10.3. The molecule has 0 aromatic heterocycles. The summed E-state index contributed by atoms with van der Waals surface area (Å²) in [5.41, 5.74) is 5.85. The zero-order valence-corrected chi connectivity index (χ0v) is 20.0. The molecule has 4 nitrogen and oxygen atoms in total. The number of hydrogen-bond donors (Lipinski definition) is 1. The quantitative estimate of drug-likeness (QED) is 0.464. The minimum Gasteiger partial charge on any atom is -0.508 e. The fraction of sp³-hybridized carbons (Fsp3) is 0.286. The van der Waals surface area contributed by atoms with Crippen molar-refractivity contribution in [2.24, 2.45) is 4.99 Å². The van der Waals surface area contributed by atoms with Gasteiger partial charge in [-0.2, -0.15) is 0 Å². The van der Waals surface area contributed by atoms with Gasteiger partial charge in [0, 0.05) is 23.2 Å². The minimum atomic E-state index is -0.490. The van der Waals surface area contributed by atoms with Crippen molar-refractivity contribution in [1.29, 1.82) is 0 Å². The minimum absolute atomic E-state index is 0.0236. The summed E-state index contributed by atoms with van der Waals surface area (Å²) < 4.78 is 0. The molecule has 1 atom stereocenters. The first-order valence-electron chi connectivity index (χ1n) is 11.4. The normalized spacial score (nSPS) is 15.9. The number of amides is 1. The molecule has 33 heavy (non-hydrogen) atoms. The van der Waals surface area contributed by atoms with E-state index in [2.05, 4.69) is 38.1 Å². The Labute approximate surface area is 200 Å². The van der Waals surface area contributed by atoms with Gasteiger partial charge >= 0.3 is 0 Å². The predicted octanol–water partition coefficient (Wildman–Crippen LogP) is 6.37. The van der Waals surface area contributed by atoms with Crippen LogP contribution in [-0.2, 0) is 11.2 Å². The second kappa shape index (κ2) is 9.80. The number of fused-ring (bicyclic) bond motifs is 1. The fourth-order valence-corrected chi connectivity index (χ4v) is 4.63. The van der Waals surface area contributed by atoms with E-state index in [1.54, 1.807) is 30.1 Å². The molecule has 0 bridgehead atoms. The number of halogens is 1. The molecule has 0 saturated heterocycles. The number of phenolic OH excluding ortho intramolecular Hbond substituents is 1. The van der Waals surface area contributed by atoms with Crippen molar-refractivity contribution in [3.8, 4) is 5.75 Å². The molecular formula is C28H29ClN2O2. The molecule has 1 aliphatic heterocycles. The summed E-state index contributed by atoms with van der Waals surface area (Å²) in [6.45, 7) is 4.42. The van der Waals surface area contributed by atoms with Crippen molar-refractivity contribution >= 4 is 28.9 Å². The molecule has 4 rings (SSSR count). The van der Waals surface area contributed by atoms with Crippen molar-refractivity contribution in [2.45, 2.75) is 45.1 Å². The summed E-state index contributed by atoms with van der Waals surface area (Å²) in [5.74, 6) is 0.627. The lowest BCUT2D eigenvalue weighted by molar-refractivity contribution is -0.119.